The van der Waals surface area contributed by atoms with Crippen LogP contribution in [0.5, 0.6) is 0 Å². The van der Waals surface area contributed by atoms with Gasteiger partial charge in [-0.1, -0.05) is 17.7 Å². The van der Waals surface area contributed by atoms with E-state index >= 15 is 0 Å². The van der Waals surface area contributed by atoms with Crippen LogP contribution in [-0.2, 0) is 0 Å². The molecule has 1 aliphatic rings. The van der Waals surface area contributed by atoms with Crippen molar-refractivity contribution in [3.05, 3.63) is 63.7 Å². The molecule has 5 nitrogen and oxygen atoms in total. The number of rotatable bonds is 3. The zero-order chi connectivity index (χ0) is 19.6. The third kappa shape index (κ3) is 4.49. The molecule has 0 aromatic heterocycles. The van der Waals surface area contributed by atoms with Gasteiger partial charge in [0, 0.05) is 37.3 Å². The highest BCUT2D eigenvalue weighted by molar-refractivity contribution is 6.34. The summed E-state index contributed by atoms with van der Waals surface area (Å²) in [5, 5.41) is 3.38. The number of nitrogens with zero attached hydrogens (tertiary/aromatic N) is 2. The zero-order valence-corrected chi connectivity index (χ0v) is 16.6. The van der Waals surface area contributed by atoms with Crippen LogP contribution in [0.1, 0.15) is 31.8 Å². The van der Waals surface area contributed by atoms with Gasteiger partial charge in [-0.05, 0) is 62.4 Å². The van der Waals surface area contributed by atoms with Gasteiger partial charge in [-0.2, -0.15) is 0 Å². The molecule has 2 aromatic rings. The summed E-state index contributed by atoms with van der Waals surface area (Å²) >= 11 is 6.26. The fourth-order valence-electron chi connectivity index (χ4n) is 3.22. The second-order valence-corrected chi connectivity index (χ2v) is 7.47. The number of nitrogens with one attached hydrogen (secondary N) is 1. The highest BCUT2D eigenvalue weighted by Gasteiger charge is 2.20. The Bertz CT molecular complexity index is 833. The standard InChI is InChI=1S/C21H24ClN3O2/c1-14-12-15(2)19(18(22)13-14)23-20(26)16-4-6-17(7-5-16)21(27)25-10-8-24(3)9-11-25/h4-7,12-13H,8-11H2,1-3H3,(H,23,26). The maximum atomic E-state index is 12.6. The van der Waals surface area contributed by atoms with Crippen LogP contribution in [0, 0.1) is 13.8 Å². The molecule has 1 saturated heterocycles. The largest absolute Gasteiger partial charge is 0.336 e. The molecule has 2 aromatic carbocycles. The van der Waals surface area contributed by atoms with E-state index in [4.69, 9.17) is 11.6 Å². The maximum absolute atomic E-state index is 12.6. The quantitative estimate of drug-likeness (QED) is 0.878. The second-order valence-electron chi connectivity index (χ2n) is 7.07. The van der Waals surface area contributed by atoms with Gasteiger partial charge in [-0.25, -0.2) is 0 Å². The van der Waals surface area contributed by atoms with Crippen molar-refractivity contribution in [1.82, 2.24) is 9.80 Å². The molecule has 0 unspecified atom stereocenters. The smallest absolute Gasteiger partial charge is 0.255 e. The minimum absolute atomic E-state index is 0.00693. The summed E-state index contributed by atoms with van der Waals surface area (Å²) in [6.07, 6.45) is 0. The molecule has 2 amide bonds. The number of benzene rings is 2. The number of piperazine rings is 1. The number of likely N-dealkylation sites (N-methyl/N-ethyl adjacent to an activating group) is 1. The lowest BCUT2D eigenvalue weighted by molar-refractivity contribution is 0.0664. The number of hydrogen-bond acceptors (Lipinski definition) is 3. The van der Waals surface area contributed by atoms with Crippen molar-refractivity contribution >= 4 is 29.1 Å². The lowest BCUT2D eigenvalue weighted by atomic mass is 10.1. The van der Waals surface area contributed by atoms with E-state index in [1.54, 1.807) is 24.3 Å². The van der Waals surface area contributed by atoms with Gasteiger partial charge < -0.3 is 15.1 Å². The molecule has 0 aliphatic carbocycles. The minimum Gasteiger partial charge on any atom is -0.336 e. The summed E-state index contributed by atoms with van der Waals surface area (Å²) in [7, 11) is 2.05. The Morgan fingerprint density at radius 1 is 0.963 bits per heavy atom. The van der Waals surface area contributed by atoms with Crippen molar-refractivity contribution in [2.75, 3.05) is 38.5 Å². The van der Waals surface area contributed by atoms with Crippen LogP contribution in [-0.4, -0.2) is 54.8 Å². The van der Waals surface area contributed by atoms with Crippen LogP contribution in [0.3, 0.4) is 0 Å². The van der Waals surface area contributed by atoms with Crippen LogP contribution in [0.25, 0.3) is 0 Å². The Labute approximate surface area is 164 Å². The van der Waals surface area contributed by atoms with E-state index in [9.17, 15) is 9.59 Å². The van der Waals surface area contributed by atoms with E-state index in [0.29, 0.717) is 21.8 Å². The van der Waals surface area contributed by atoms with Crippen LogP contribution >= 0.6 is 11.6 Å². The lowest BCUT2D eigenvalue weighted by Crippen LogP contribution is -2.47. The minimum atomic E-state index is -0.248. The number of halogens is 1. The number of carbonyl (C=O) groups is 2. The van der Waals surface area contributed by atoms with E-state index in [2.05, 4.69) is 17.3 Å². The van der Waals surface area contributed by atoms with Crippen LogP contribution in [0.4, 0.5) is 5.69 Å². The fraction of sp³-hybridized carbons (Fsp3) is 0.333. The summed E-state index contributed by atoms with van der Waals surface area (Å²) in [5.41, 5.74) is 3.66. The molecule has 6 heteroatoms. The number of anilines is 1. The van der Waals surface area contributed by atoms with Crippen LogP contribution in [0.2, 0.25) is 5.02 Å². The predicted octanol–water partition coefficient (Wildman–Crippen LogP) is 3.60. The van der Waals surface area contributed by atoms with Crippen molar-refractivity contribution in [1.29, 1.82) is 0 Å². The lowest BCUT2D eigenvalue weighted by Gasteiger charge is -2.32. The van der Waals surface area contributed by atoms with Crippen molar-refractivity contribution in [2.24, 2.45) is 0 Å². The second kappa shape index (κ2) is 8.11. The topological polar surface area (TPSA) is 52.7 Å². The van der Waals surface area contributed by atoms with Gasteiger partial charge in [0.15, 0.2) is 0 Å². The molecule has 3 rings (SSSR count). The van der Waals surface area contributed by atoms with Gasteiger partial charge >= 0.3 is 0 Å². The van der Waals surface area contributed by atoms with Crippen molar-refractivity contribution in [3.8, 4) is 0 Å². The third-order valence-corrected chi connectivity index (χ3v) is 5.15. The van der Waals surface area contributed by atoms with Gasteiger partial charge in [0.25, 0.3) is 11.8 Å². The van der Waals surface area contributed by atoms with E-state index in [1.165, 1.54) is 0 Å². The van der Waals surface area contributed by atoms with E-state index in [1.807, 2.05) is 30.9 Å². The maximum Gasteiger partial charge on any atom is 0.255 e. The molecule has 27 heavy (non-hydrogen) atoms. The first-order valence-corrected chi connectivity index (χ1v) is 9.39. The zero-order valence-electron chi connectivity index (χ0n) is 15.9. The summed E-state index contributed by atoms with van der Waals surface area (Å²) in [6.45, 7) is 7.07. The molecule has 1 aliphatic heterocycles. The normalized spacial score (nSPS) is 14.9. The number of amides is 2. The molecule has 0 atom stereocenters. The molecule has 0 spiro atoms. The molecular weight excluding hydrogens is 362 g/mol. The molecule has 1 N–H and O–H groups in total. The predicted molar refractivity (Wildman–Crippen MR) is 109 cm³/mol. The Balaban J connectivity index is 1.70. The average molecular weight is 386 g/mol. The van der Waals surface area contributed by atoms with Gasteiger partial charge in [-0.3, -0.25) is 9.59 Å². The molecule has 0 bridgehead atoms. The molecule has 1 heterocycles. The average Bonchev–Trinajstić information content (AvgIpc) is 2.64. The van der Waals surface area contributed by atoms with Crippen molar-refractivity contribution < 1.29 is 9.59 Å². The highest BCUT2D eigenvalue weighted by Crippen LogP contribution is 2.27. The first-order valence-electron chi connectivity index (χ1n) is 9.01. The van der Waals surface area contributed by atoms with Gasteiger partial charge in [0.1, 0.15) is 0 Å². The number of hydrogen-bond donors (Lipinski definition) is 1. The summed E-state index contributed by atoms with van der Waals surface area (Å²) in [5.74, 6) is -0.241. The van der Waals surface area contributed by atoms with Gasteiger partial charge in [0.2, 0.25) is 0 Å². The fourth-order valence-corrected chi connectivity index (χ4v) is 3.58. The summed E-state index contributed by atoms with van der Waals surface area (Å²) in [6, 6.07) is 10.6. The molecular formula is C21H24ClN3O2. The van der Waals surface area contributed by atoms with E-state index in [0.717, 1.165) is 37.3 Å². The van der Waals surface area contributed by atoms with E-state index < -0.39 is 0 Å². The van der Waals surface area contributed by atoms with Crippen LogP contribution in [0.15, 0.2) is 36.4 Å². The third-order valence-electron chi connectivity index (χ3n) is 4.85. The monoisotopic (exact) mass is 385 g/mol. The van der Waals surface area contributed by atoms with Crippen molar-refractivity contribution in [3.63, 3.8) is 0 Å². The molecule has 0 saturated carbocycles. The van der Waals surface area contributed by atoms with Crippen molar-refractivity contribution in [2.45, 2.75) is 13.8 Å². The first-order chi connectivity index (χ1) is 12.8. The summed E-state index contributed by atoms with van der Waals surface area (Å²) < 4.78 is 0. The number of aryl methyl sites for hydroxylation is 2. The van der Waals surface area contributed by atoms with Gasteiger partial charge in [-0.15, -0.1) is 0 Å². The summed E-state index contributed by atoms with van der Waals surface area (Å²) in [4.78, 5) is 29.2. The SMILES string of the molecule is Cc1cc(C)c(NC(=O)c2ccc(C(=O)N3CCN(C)CC3)cc2)c(Cl)c1. The Morgan fingerprint density at radius 3 is 2.15 bits per heavy atom. The van der Waals surface area contributed by atoms with Gasteiger partial charge in [0.05, 0.1) is 10.7 Å². The first kappa shape index (κ1) is 19.4. The highest BCUT2D eigenvalue weighted by atomic mass is 35.5. The Kier molecular flexibility index (Phi) is 5.82. The van der Waals surface area contributed by atoms with E-state index in [-0.39, 0.29) is 11.8 Å². The number of carbonyl (C=O) groups excluding carboxylic acids is 2. The Hall–Kier alpha value is -2.37. The Morgan fingerprint density at radius 2 is 1.56 bits per heavy atom. The molecule has 0 radical (unpaired) electrons. The van der Waals surface area contributed by atoms with Crippen LogP contribution < -0.4 is 5.32 Å². The molecule has 142 valence electrons. The molecule has 1 fully saturated rings.